The highest BCUT2D eigenvalue weighted by atomic mass is 35.5. The van der Waals surface area contributed by atoms with E-state index < -0.39 is 0 Å². The van der Waals surface area contributed by atoms with E-state index in [2.05, 4.69) is 9.88 Å². The third kappa shape index (κ3) is 3.45. The van der Waals surface area contributed by atoms with Gasteiger partial charge >= 0.3 is 0 Å². The number of ether oxygens (including phenoxy) is 1. The monoisotopic (exact) mass is 373 g/mol. The number of hydrogen-bond acceptors (Lipinski definition) is 6. The number of pyridine rings is 1. The number of halogens is 1. The zero-order chi connectivity index (χ0) is 18.1. The number of benzene rings is 1. The molecular formula is C19H24ClN5O. The number of rotatable bonds is 5. The number of nitrogens with zero attached hydrogens (tertiary/aromatic N) is 3. The highest BCUT2D eigenvalue weighted by Gasteiger charge is 2.25. The van der Waals surface area contributed by atoms with Gasteiger partial charge in [-0.2, -0.15) is 0 Å². The molecule has 2 heterocycles. The van der Waals surface area contributed by atoms with Crippen LogP contribution in [-0.2, 0) is 4.74 Å². The SMILES string of the molecule is Nc1c(N(N)CC2CC2)ccc(-c2cccnc2N2CCOCC2)c1Cl. The van der Waals surface area contributed by atoms with Gasteiger partial charge in [-0.1, -0.05) is 17.7 Å². The lowest BCUT2D eigenvalue weighted by atomic mass is 10.0. The molecule has 0 bridgehead atoms. The van der Waals surface area contributed by atoms with Gasteiger partial charge in [0.1, 0.15) is 5.82 Å². The Labute approximate surface area is 158 Å². The van der Waals surface area contributed by atoms with Crippen LogP contribution in [0.25, 0.3) is 11.1 Å². The summed E-state index contributed by atoms with van der Waals surface area (Å²) in [4.78, 5) is 6.81. The fourth-order valence-electron chi connectivity index (χ4n) is 3.35. The van der Waals surface area contributed by atoms with E-state index in [0.717, 1.165) is 42.3 Å². The maximum absolute atomic E-state index is 6.66. The second kappa shape index (κ2) is 7.31. The zero-order valence-corrected chi connectivity index (χ0v) is 15.5. The van der Waals surface area contributed by atoms with Crippen molar-refractivity contribution in [2.24, 2.45) is 11.8 Å². The van der Waals surface area contributed by atoms with E-state index in [1.165, 1.54) is 12.8 Å². The molecule has 1 aliphatic heterocycles. The average molecular weight is 374 g/mol. The Morgan fingerprint density at radius 1 is 1.19 bits per heavy atom. The predicted octanol–water partition coefficient (Wildman–Crippen LogP) is 2.91. The zero-order valence-electron chi connectivity index (χ0n) is 14.7. The van der Waals surface area contributed by atoms with Crippen molar-refractivity contribution >= 4 is 28.8 Å². The minimum Gasteiger partial charge on any atom is -0.396 e. The number of hydrogen-bond donors (Lipinski definition) is 2. The molecule has 4 rings (SSSR count). The molecular weight excluding hydrogens is 350 g/mol. The van der Waals surface area contributed by atoms with Crippen LogP contribution in [0.15, 0.2) is 30.5 Å². The van der Waals surface area contributed by atoms with Gasteiger partial charge in [-0.05, 0) is 37.0 Å². The van der Waals surface area contributed by atoms with Crippen molar-refractivity contribution < 1.29 is 4.74 Å². The van der Waals surface area contributed by atoms with Crippen molar-refractivity contribution in [2.75, 3.05) is 48.5 Å². The molecule has 0 unspecified atom stereocenters. The summed E-state index contributed by atoms with van der Waals surface area (Å²) in [6, 6.07) is 7.89. The Balaban J connectivity index is 1.68. The Kier molecular flexibility index (Phi) is 4.89. The summed E-state index contributed by atoms with van der Waals surface area (Å²) in [5.74, 6) is 7.78. The Hall–Kier alpha value is -2.02. The number of anilines is 3. The summed E-state index contributed by atoms with van der Waals surface area (Å²) in [5.41, 5.74) is 9.49. The second-order valence-electron chi connectivity index (χ2n) is 6.93. The van der Waals surface area contributed by atoms with Gasteiger partial charge in [0.2, 0.25) is 0 Å². The molecule has 2 aliphatic rings. The van der Waals surface area contributed by atoms with Gasteiger partial charge in [0.25, 0.3) is 0 Å². The van der Waals surface area contributed by atoms with E-state index in [1.807, 2.05) is 24.3 Å². The average Bonchev–Trinajstić information content (AvgIpc) is 3.48. The number of nitrogens with two attached hydrogens (primary N) is 2. The van der Waals surface area contributed by atoms with E-state index in [4.69, 9.17) is 27.9 Å². The van der Waals surface area contributed by atoms with Crippen molar-refractivity contribution in [2.45, 2.75) is 12.8 Å². The molecule has 0 radical (unpaired) electrons. The van der Waals surface area contributed by atoms with Crippen LogP contribution in [-0.4, -0.2) is 37.8 Å². The van der Waals surface area contributed by atoms with E-state index in [9.17, 15) is 0 Å². The van der Waals surface area contributed by atoms with Crippen molar-refractivity contribution in [1.82, 2.24) is 4.98 Å². The molecule has 1 saturated carbocycles. The van der Waals surface area contributed by atoms with Crippen molar-refractivity contribution in [3.05, 3.63) is 35.5 Å². The van der Waals surface area contributed by atoms with Crippen LogP contribution in [0.3, 0.4) is 0 Å². The summed E-state index contributed by atoms with van der Waals surface area (Å²) in [6.45, 7) is 3.84. The van der Waals surface area contributed by atoms with E-state index >= 15 is 0 Å². The van der Waals surface area contributed by atoms with Crippen molar-refractivity contribution in [1.29, 1.82) is 0 Å². The largest absolute Gasteiger partial charge is 0.396 e. The molecule has 2 aromatic rings. The molecule has 0 atom stereocenters. The first-order chi connectivity index (χ1) is 12.6. The lowest BCUT2D eigenvalue weighted by molar-refractivity contribution is 0.122. The lowest BCUT2D eigenvalue weighted by Gasteiger charge is -2.30. The van der Waals surface area contributed by atoms with E-state index in [1.54, 1.807) is 11.2 Å². The minimum atomic E-state index is 0.518. The molecule has 4 N–H and O–H groups in total. The van der Waals surface area contributed by atoms with Gasteiger partial charge in [-0.25, -0.2) is 10.8 Å². The summed E-state index contributed by atoms with van der Waals surface area (Å²) in [7, 11) is 0. The number of aromatic nitrogens is 1. The molecule has 26 heavy (non-hydrogen) atoms. The third-order valence-corrected chi connectivity index (χ3v) is 5.41. The predicted molar refractivity (Wildman–Crippen MR) is 106 cm³/mol. The summed E-state index contributed by atoms with van der Waals surface area (Å²) in [6.07, 6.45) is 4.27. The van der Waals surface area contributed by atoms with Gasteiger partial charge in [-0.3, -0.25) is 0 Å². The molecule has 7 heteroatoms. The van der Waals surface area contributed by atoms with Crippen LogP contribution in [0.1, 0.15) is 12.8 Å². The van der Waals surface area contributed by atoms with E-state index in [0.29, 0.717) is 29.8 Å². The molecule has 1 aromatic heterocycles. The molecule has 1 saturated heterocycles. The Morgan fingerprint density at radius 2 is 1.96 bits per heavy atom. The molecule has 0 amide bonds. The van der Waals surface area contributed by atoms with Gasteiger partial charge in [0, 0.05) is 37.0 Å². The number of hydrazine groups is 1. The smallest absolute Gasteiger partial charge is 0.136 e. The van der Waals surface area contributed by atoms with Gasteiger partial charge in [0.15, 0.2) is 0 Å². The van der Waals surface area contributed by atoms with Crippen LogP contribution in [0.4, 0.5) is 17.2 Å². The molecule has 1 aromatic carbocycles. The Morgan fingerprint density at radius 3 is 2.69 bits per heavy atom. The van der Waals surface area contributed by atoms with Crippen LogP contribution in [0.2, 0.25) is 5.02 Å². The molecule has 6 nitrogen and oxygen atoms in total. The molecule has 2 fully saturated rings. The molecule has 0 spiro atoms. The Bertz CT molecular complexity index is 789. The van der Waals surface area contributed by atoms with E-state index in [-0.39, 0.29) is 0 Å². The van der Waals surface area contributed by atoms with Crippen molar-refractivity contribution in [3.8, 4) is 11.1 Å². The highest BCUT2D eigenvalue weighted by molar-refractivity contribution is 6.36. The highest BCUT2D eigenvalue weighted by Crippen LogP contribution is 2.41. The summed E-state index contributed by atoms with van der Waals surface area (Å²) >= 11 is 6.66. The second-order valence-corrected chi connectivity index (χ2v) is 7.31. The molecule has 138 valence electrons. The van der Waals surface area contributed by atoms with Gasteiger partial charge in [0.05, 0.1) is 29.6 Å². The fourth-order valence-corrected chi connectivity index (χ4v) is 3.61. The first-order valence-electron chi connectivity index (χ1n) is 9.03. The summed E-state index contributed by atoms with van der Waals surface area (Å²) in [5, 5.41) is 2.24. The quantitative estimate of drug-likeness (QED) is 0.476. The minimum absolute atomic E-state index is 0.518. The van der Waals surface area contributed by atoms with Gasteiger partial charge < -0.3 is 20.4 Å². The van der Waals surface area contributed by atoms with Crippen LogP contribution in [0.5, 0.6) is 0 Å². The number of nitrogen functional groups attached to an aromatic ring is 1. The van der Waals surface area contributed by atoms with Gasteiger partial charge in [-0.15, -0.1) is 0 Å². The first-order valence-corrected chi connectivity index (χ1v) is 9.41. The van der Waals surface area contributed by atoms with Crippen molar-refractivity contribution in [3.63, 3.8) is 0 Å². The number of morpholine rings is 1. The standard InChI is InChI=1S/C19H24ClN5O/c20-17-14(5-6-16(18(17)21)25(22)12-13-3-4-13)15-2-1-7-23-19(15)24-8-10-26-11-9-24/h1-2,5-7,13H,3-4,8-12,21-22H2. The van der Waals surface area contributed by atoms with Crippen LogP contribution < -0.4 is 21.5 Å². The van der Waals surface area contributed by atoms with Crippen LogP contribution in [0, 0.1) is 5.92 Å². The third-order valence-electron chi connectivity index (χ3n) is 5.01. The maximum Gasteiger partial charge on any atom is 0.136 e. The maximum atomic E-state index is 6.66. The van der Waals surface area contributed by atoms with Crippen LogP contribution >= 0.6 is 11.6 Å². The topological polar surface area (TPSA) is 80.6 Å². The first kappa shape index (κ1) is 17.4. The fraction of sp³-hybridized carbons (Fsp3) is 0.421. The molecule has 1 aliphatic carbocycles. The normalized spacial score (nSPS) is 17.4. The summed E-state index contributed by atoms with van der Waals surface area (Å²) < 4.78 is 5.45. The lowest BCUT2D eigenvalue weighted by Crippen LogP contribution is -2.37.